The van der Waals surface area contributed by atoms with Crippen LogP contribution in [0.25, 0.3) is 11.2 Å². The second kappa shape index (κ2) is 8.49. The zero-order valence-electron chi connectivity index (χ0n) is 19.2. The van der Waals surface area contributed by atoms with Crippen molar-refractivity contribution in [1.82, 2.24) is 24.1 Å². The van der Waals surface area contributed by atoms with E-state index < -0.39 is 22.7 Å². The summed E-state index contributed by atoms with van der Waals surface area (Å²) in [6.07, 6.45) is 6.34. The average molecular weight is 458 g/mol. The summed E-state index contributed by atoms with van der Waals surface area (Å²) in [7, 11) is 0. The van der Waals surface area contributed by atoms with Gasteiger partial charge in [0, 0.05) is 18.8 Å². The molecule has 33 heavy (non-hydrogen) atoms. The van der Waals surface area contributed by atoms with Gasteiger partial charge in [-0.3, -0.25) is 14.3 Å². The quantitative estimate of drug-likeness (QED) is 0.652. The van der Waals surface area contributed by atoms with Crippen molar-refractivity contribution in [2.45, 2.75) is 58.6 Å². The van der Waals surface area contributed by atoms with Gasteiger partial charge in [-0.2, -0.15) is 9.49 Å². The fourth-order valence-corrected chi connectivity index (χ4v) is 4.33. The summed E-state index contributed by atoms with van der Waals surface area (Å²) in [5.41, 5.74) is -0.260. The van der Waals surface area contributed by atoms with Crippen molar-refractivity contribution in [2.75, 3.05) is 6.54 Å². The Hall–Kier alpha value is -3.43. The first-order chi connectivity index (χ1) is 15.5. The van der Waals surface area contributed by atoms with E-state index in [1.807, 2.05) is 44.8 Å². The van der Waals surface area contributed by atoms with Crippen LogP contribution in [0, 0.1) is 11.7 Å². The van der Waals surface area contributed by atoms with Crippen LogP contribution in [0.15, 0.2) is 40.3 Å². The molecule has 0 saturated carbocycles. The Morgan fingerprint density at radius 2 is 2.09 bits per heavy atom. The molecule has 176 valence electrons. The highest BCUT2D eigenvalue weighted by Crippen LogP contribution is 2.28. The first-order valence-corrected chi connectivity index (χ1v) is 11.0. The number of aromatic amines is 1. The third-order valence-electron chi connectivity index (χ3n) is 5.86. The number of hydrogen-bond donors (Lipinski definition) is 1. The Labute approximate surface area is 189 Å². The number of nitrogens with zero attached hydrogens (tertiary/aromatic N) is 4. The number of carbonyl (C=O) groups is 1. The highest BCUT2D eigenvalue weighted by Gasteiger charge is 2.31. The molecule has 0 radical (unpaired) electrons. The molecule has 0 spiro atoms. The number of rotatable bonds is 3. The van der Waals surface area contributed by atoms with E-state index in [4.69, 9.17) is 4.74 Å². The van der Waals surface area contributed by atoms with Crippen molar-refractivity contribution in [3.63, 3.8) is 0 Å². The van der Waals surface area contributed by atoms with E-state index in [0.717, 1.165) is 35.6 Å². The van der Waals surface area contributed by atoms with Gasteiger partial charge in [0.25, 0.3) is 5.56 Å². The smallest absolute Gasteiger partial charge is 0.410 e. The number of halogens is 1. The topological polar surface area (TPSA) is 102 Å². The van der Waals surface area contributed by atoms with Crippen molar-refractivity contribution >= 4 is 11.6 Å². The molecular formula is C23H28FN5O4. The number of fused-ring (bicyclic) bond motifs is 1. The van der Waals surface area contributed by atoms with Gasteiger partial charge in [0.1, 0.15) is 5.60 Å². The van der Waals surface area contributed by atoms with Gasteiger partial charge in [0.15, 0.2) is 0 Å². The number of pyridine rings is 1. The molecule has 0 aromatic carbocycles. The number of H-pyrrole nitrogens is 1. The van der Waals surface area contributed by atoms with E-state index in [-0.39, 0.29) is 12.1 Å². The molecule has 3 aromatic heterocycles. The maximum absolute atomic E-state index is 13.8. The zero-order valence-corrected chi connectivity index (χ0v) is 19.2. The molecule has 4 rings (SSSR count). The Kier molecular flexibility index (Phi) is 5.85. The molecule has 1 fully saturated rings. The molecule has 0 bridgehead atoms. The van der Waals surface area contributed by atoms with Crippen LogP contribution >= 0.6 is 0 Å². The van der Waals surface area contributed by atoms with E-state index in [1.165, 1.54) is 6.20 Å². The molecule has 1 aliphatic rings. The van der Waals surface area contributed by atoms with Gasteiger partial charge in [0.2, 0.25) is 5.82 Å². The predicted octanol–water partition coefficient (Wildman–Crippen LogP) is 2.89. The van der Waals surface area contributed by atoms with Crippen molar-refractivity contribution < 1.29 is 13.9 Å². The second-order valence-electron chi connectivity index (χ2n) is 9.62. The first-order valence-electron chi connectivity index (χ1n) is 11.0. The lowest BCUT2D eigenvalue weighted by Crippen LogP contribution is -2.47. The zero-order chi connectivity index (χ0) is 23.9. The third-order valence-corrected chi connectivity index (χ3v) is 5.86. The number of nitrogens with one attached hydrogen (secondary N) is 1. The second-order valence-corrected chi connectivity index (χ2v) is 9.62. The minimum Gasteiger partial charge on any atom is -0.444 e. The Morgan fingerprint density at radius 3 is 2.79 bits per heavy atom. The molecule has 1 amide bonds. The molecular weight excluding hydrogens is 429 g/mol. The maximum atomic E-state index is 13.8. The number of carbonyl (C=O) groups excluding carboxylic acids is 1. The van der Waals surface area contributed by atoms with Crippen molar-refractivity contribution in [3.05, 3.63) is 62.9 Å². The fraction of sp³-hybridized carbons (Fsp3) is 0.478. The van der Waals surface area contributed by atoms with Crippen LogP contribution in [0.1, 0.15) is 46.1 Å². The number of amides is 1. The van der Waals surface area contributed by atoms with Crippen molar-refractivity contribution in [2.24, 2.45) is 5.92 Å². The third kappa shape index (κ3) is 4.84. The Balaban J connectivity index is 1.52. The number of piperidine rings is 1. The van der Waals surface area contributed by atoms with Crippen molar-refractivity contribution in [3.8, 4) is 5.69 Å². The monoisotopic (exact) mass is 457 g/mol. The fourth-order valence-electron chi connectivity index (χ4n) is 4.33. The number of ether oxygens (including phenoxy) is 1. The van der Waals surface area contributed by atoms with Gasteiger partial charge in [0.05, 0.1) is 23.6 Å². The largest absolute Gasteiger partial charge is 0.444 e. The number of aromatic nitrogens is 4. The van der Waals surface area contributed by atoms with Crippen LogP contribution in [0.4, 0.5) is 9.18 Å². The minimum atomic E-state index is -1.06. The molecule has 10 heteroatoms. The lowest BCUT2D eigenvalue weighted by molar-refractivity contribution is 0.00719. The lowest BCUT2D eigenvalue weighted by atomic mass is 9.87. The Bertz CT molecular complexity index is 1300. The van der Waals surface area contributed by atoms with Gasteiger partial charge >= 0.3 is 11.8 Å². The summed E-state index contributed by atoms with van der Waals surface area (Å²) >= 11 is 0. The molecule has 1 N–H and O–H groups in total. The summed E-state index contributed by atoms with van der Waals surface area (Å²) in [4.78, 5) is 39.8. The number of likely N-dealkylation sites (tertiary alicyclic amines) is 1. The average Bonchev–Trinajstić information content (AvgIpc) is 3.12. The van der Waals surface area contributed by atoms with E-state index in [0.29, 0.717) is 23.7 Å². The maximum Gasteiger partial charge on any atom is 0.410 e. The summed E-state index contributed by atoms with van der Waals surface area (Å²) in [6.45, 7) is 8.24. The van der Waals surface area contributed by atoms with Crippen LogP contribution in [0.5, 0.6) is 0 Å². The molecule has 0 unspecified atom stereocenters. The normalized spacial score (nSPS) is 19.1. The molecule has 2 atom stereocenters. The van der Waals surface area contributed by atoms with Crippen molar-refractivity contribution in [1.29, 1.82) is 0 Å². The Morgan fingerprint density at radius 1 is 1.33 bits per heavy atom. The molecule has 0 aliphatic carbocycles. The van der Waals surface area contributed by atoms with Gasteiger partial charge < -0.3 is 9.64 Å². The van der Waals surface area contributed by atoms with Gasteiger partial charge in [-0.25, -0.2) is 14.1 Å². The van der Waals surface area contributed by atoms with Crippen LogP contribution in [-0.4, -0.2) is 48.3 Å². The highest BCUT2D eigenvalue weighted by molar-refractivity contribution is 5.68. The van der Waals surface area contributed by atoms with E-state index in [1.54, 1.807) is 15.6 Å². The van der Waals surface area contributed by atoms with Gasteiger partial charge in [-0.15, -0.1) is 0 Å². The van der Waals surface area contributed by atoms with E-state index in [9.17, 15) is 18.8 Å². The summed E-state index contributed by atoms with van der Waals surface area (Å²) in [5, 5.41) is 4.23. The highest BCUT2D eigenvalue weighted by atomic mass is 19.1. The summed E-state index contributed by atoms with van der Waals surface area (Å²) < 4.78 is 22.0. The van der Waals surface area contributed by atoms with Crippen LogP contribution in [0.3, 0.4) is 0 Å². The van der Waals surface area contributed by atoms with Gasteiger partial charge in [-0.05, 0) is 70.6 Å². The predicted molar refractivity (Wildman–Crippen MR) is 120 cm³/mol. The van der Waals surface area contributed by atoms with Crippen LogP contribution in [-0.2, 0) is 11.2 Å². The number of hydrogen-bond acceptors (Lipinski definition) is 5. The SMILES string of the molecule is C[C@H]1C[C@H](Cc2ccn3ncc(-n4cc(F)c(=O)[nH]c4=O)c3c2)CCN1C(=O)OC(C)(C)C. The molecule has 1 aliphatic heterocycles. The lowest BCUT2D eigenvalue weighted by Gasteiger charge is -2.38. The minimum absolute atomic E-state index is 0.0653. The van der Waals surface area contributed by atoms with Crippen LogP contribution < -0.4 is 11.2 Å². The molecule has 9 nitrogen and oxygen atoms in total. The summed E-state index contributed by atoms with van der Waals surface area (Å²) in [5.74, 6) is -0.670. The van der Waals surface area contributed by atoms with Gasteiger partial charge in [-0.1, -0.05) is 0 Å². The summed E-state index contributed by atoms with van der Waals surface area (Å²) in [6, 6.07) is 3.95. The molecule has 3 aromatic rings. The standard InChI is InChI=1S/C23H28FN5O4/c1-14-9-15(5-7-27(14)22(32)33-23(2,3)4)10-16-6-8-29-18(11-16)19(12-25-29)28-13-17(24)20(30)26-21(28)31/h6,8,11-15H,5,7,9-10H2,1-4H3,(H,26,30,31)/t14-,15+/m0/s1. The van der Waals surface area contributed by atoms with E-state index >= 15 is 0 Å². The molecule has 4 heterocycles. The van der Waals surface area contributed by atoms with E-state index in [2.05, 4.69) is 5.10 Å². The molecule has 1 saturated heterocycles. The first kappa shape index (κ1) is 22.8. The van der Waals surface area contributed by atoms with Crippen LogP contribution in [0.2, 0.25) is 0 Å².